The van der Waals surface area contributed by atoms with Gasteiger partial charge in [0.05, 0.1) is 34.9 Å². The quantitative estimate of drug-likeness (QED) is 0.721. The van der Waals surface area contributed by atoms with Crippen LogP contribution in [0.2, 0.25) is 0 Å². The fraction of sp³-hybridized carbons (Fsp3) is 0.474. The van der Waals surface area contributed by atoms with Crippen molar-refractivity contribution >= 4 is 23.0 Å². The Labute approximate surface area is 157 Å². The number of rotatable bonds is 2. The van der Waals surface area contributed by atoms with Gasteiger partial charge < -0.3 is 15.3 Å². The number of aliphatic hydroxyl groups is 1. The van der Waals surface area contributed by atoms with Gasteiger partial charge >= 0.3 is 0 Å². The zero-order valence-electron chi connectivity index (χ0n) is 15.6. The van der Waals surface area contributed by atoms with Crippen LogP contribution in [-0.4, -0.2) is 42.9 Å². The molecule has 2 N–H and O–H groups in total. The molecule has 5 rings (SSSR count). The van der Waals surface area contributed by atoms with Crippen molar-refractivity contribution in [1.29, 1.82) is 0 Å². The molecule has 27 heavy (non-hydrogen) atoms. The molecular weight excluding hydrogens is 342 g/mol. The van der Waals surface area contributed by atoms with Gasteiger partial charge in [-0.1, -0.05) is 19.3 Å². The lowest BCUT2D eigenvalue weighted by molar-refractivity contribution is 0.0661. The predicted molar refractivity (Wildman–Crippen MR) is 102 cm³/mol. The first-order chi connectivity index (χ1) is 13.1. The van der Waals surface area contributed by atoms with E-state index in [-0.39, 0.29) is 5.41 Å². The van der Waals surface area contributed by atoms with Crippen LogP contribution in [0.1, 0.15) is 43.4 Å². The molecule has 4 heterocycles. The van der Waals surface area contributed by atoms with Crippen molar-refractivity contribution in [3.63, 3.8) is 0 Å². The summed E-state index contributed by atoms with van der Waals surface area (Å²) in [5.74, 6) is 0.545. The van der Waals surface area contributed by atoms with Gasteiger partial charge in [-0.3, -0.25) is 0 Å². The summed E-state index contributed by atoms with van der Waals surface area (Å²) in [6.45, 7) is 2.02. The lowest BCUT2D eigenvalue weighted by Crippen LogP contribution is -2.44. The van der Waals surface area contributed by atoms with E-state index in [1.807, 2.05) is 37.3 Å². The van der Waals surface area contributed by atoms with Gasteiger partial charge in [0, 0.05) is 7.05 Å². The molecule has 1 fully saturated rings. The highest BCUT2D eigenvalue weighted by Gasteiger charge is 2.51. The van der Waals surface area contributed by atoms with Crippen LogP contribution in [0.3, 0.4) is 0 Å². The maximum atomic E-state index is 10.9. The Morgan fingerprint density at radius 3 is 2.85 bits per heavy atom. The van der Waals surface area contributed by atoms with Crippen molar-refractivity contribution in [2.24, 2.45) is 0 Å². The third-order valence-corrected chi connectivity index (χ3v) is 6.10. The van der Waals surface area contributed by atoms with E-state index < -0.39 is 6.23 Å². The predicted octanol–water partition coefficient (Wildman–Crippen LogP) is 2.54. The molecule has 1 spiro atoms. The molecule has 1 saturated carbocycles. The summed E-state index contributed by atoms with van der Waals surface area (Å²) < 4.78 is 1.73. The third kappa shape index (κ3) is 2.39. The normalized spacial score (nSPS) is 21.0. The topological polar surface area (TPSA) is 91.5 Å². The summed E-state index contributed by atoms with van der Waals surface area (Å²) in [6, 6.07) is 1.98. The van der Waals surface area contributed by atoms with Gasteiger partial charge in [0.25, 0.3) is 0 Å². The van der Waals surface area contributed by atoms with Gasteiger partial charge in [0.2, 0.25) is 5.95 Å². The molecule has 0 radical (unpaired) electrons. The van der Waals surface area contributed by atoms with Crippen LogP contribution in [0.15, 0.2) is 24.8 Å². The first-order valence-corrected chi connectivity index (χ1v) is 9.44. The molecule has 3 aromatic heterocycles. The van der Waals surface area contributed by atoms with Crippen molar-refractivity contribution in [3.05, 3.63) is 36.0 Å². The standard InChI is InChI=1S/C19H23N7O/c1-12-8-15-21-11-22-26(15)10-13(12)23-18-20-9-14-16(24-18)19(17(27)25(14)2)6-4-3-5-7-19/h8-11,17,27H,3-7H2,1-2H3,(H,20,23,24). The zero-order chi connectivity index (χ0) is 18.6. The second-order valence-electron chi connectivity index (χ2n) is 7.69. The molecule has 1 unspecified atom stereocenters. The molecule has 0 amide bonds. The van der Waals surface area contributed by atoms with Gasteiger partial charge in [-0.2, -0.15) is 5.10 Å². The monoisotopic (exact) mass is 365 g/mol. The van der Waals surface area contributed by atoms with Gasteiger partial charge in [0.15, 0.2) is 5.65 Å². The van der Waals surface area contributed by atoms with Crippen LogP contribution >= 0.6 is 0 Å². The number of nitrogens with zero attached hydrogens (tertiary/aromatic N) is 6. The summed E-state index contributed by atoms with van der Waals surface area (Å²) in [6.07, 6.45) is 10.1. The number of aromatic nitrogens is 5. The van der Waals surface area contributed by atoms with Gasteiger partial charge in [-0.05, 0) is 31.4 Å². The fourth-order valence-corrected chi connectivity index (χ4v) is 4.57. The van der Waals surface area contributed by atoms with E-state index in [2.05, 4.69) is 20.4 Å². The van der Waals surface area contributed by atoms with Crippen LogP contribution in [-0.2, 0) is 5.41 Å². The smallest absolute Gasteiger partial charge is 0.227 e. The van der Waals surface area contributed by atoms with Gasteiger partial charge in [-0.15, -0.1) is 0 Å². The average Bonchev–Trinajstić information content (AvgIpc) is 3.21. The second-order valence-corrected chi connectivity index (χ2v) is 7.69. The van der Waals surface area contributed by atoms with Gasteiger partial charge in [-0.25, -0.2) is 19.5 Å². The number of aryl methyl sites for hydroxylation is 1. The number of fused-ring (bicyclic) bond motifs is 3. The third-order valence-electron chi connectivity index (χ3n) is 6.10. The number of aliphatic hydroxyl groups excluding tert-OH is 1. The molecular formula is C19H23N7O. The molecule has 1 atom stereocenters. The first kappa shape index (κ1) is 16.4. The van der Waals surface area contributed by atoms with Crippen LogP contribution < -0.4 is 10.2 Å². The minimum absolute atomic E-state index is 0.285. The highest BCUT2D eigenvalue weighted by atomic mass is 16.3. The Balaban J connectivity index is 1.54. The zero-order valence-corrected chi connectivity index (χ0v) is 15.6. The summed E-state index contributed by atoms with van der Waals surface area (Å²) >= 11 is 0. The van der Waals surface area contributed by atoms with E-state index in [0.717, 1.165) is 54.0 Å². The van der Waals surface area contributed by atoms with Crippen molar-refractivity contribution in [1.82, 2.24) is 24.6 Å². The van der Waals surface area contributed by atoms with E-state index in [1.165, 1.54) is 12.7 Å². The molecule has 0 aromatic carbocycles. The van der Waals surface area contributed by atoms with E-state index in [9.17, 15) is 5.11 Å². The minimum Gasteiger partial charge on any atom is -0.373 e. The molecule has 140 valence electrons. The summed E-state index contributed by atoms with van der Waals surface area (Å²) in [5.41, 5.74) is 4.35. The lowest BCUT2D eigenvalue weighted by Gasteiger charge is -2.37. The lowest BCUT2D eigenvalue weighted by atomic mass is 9.71. The highest BCUT2D eigenvalue weighted by Crippen LogP contribution is 2.50. The minimum atomic E-state index is -0.536. The number of anilines is 3. The van der Waals surface area contributed by atoms with Crippen molar-refractivity contribution in [3.8, 4) is 0 Å². The summed E-state index contributed by atoms with van der Waals surface area (Å²) in [5, 5.41) is 18.5. The Morgan fingerprint density at radius 1 is 1.22 bits per heavy atom. The Morgan fingerprint density at radius 2 is 2.04 bits per heavy atom. The SMILES string of the molecule is Cc1cc2ncnn2cc1Nc1ncc2c(n1)C1(CCCCC1)C(O)N2C. The van der Waals surface area contributed by atoms with E-state index in [4.69, 9.17) is 4.98 Å². The molecule has 3 aromatic rings. The molecule has 1 aliphatic carbocycles. The van der Waals surface area contributed by atoms with Crippen LogP contribution in [0, 0.1) is 6.92 Å². The van der Waals surface area contributed by atoms with Crippen molar-refractivity contribution < 1.29 is 5.11 Å². The highest BCUT2D eigenvalue weighted by molar-refractivity contribution is 5.64. The Kier molecular flexibility index (Phi) is 3.58. The number of hydrogen-bond donors (Lipinski definition) is 2. The van der Waals surface area contributed by atoms with Crippen LogP contribution in [0.5, 0.6) is 0 Å². The van der Waals surface area contributed by atoms with E-state index in [1.54, 1.807) is 4.52 Å². The summed E-state index contributed by atoms with van der Waals surface area (Å²) in [4.78, 5) is 15.5. The average molecular weight is 365 g/mol. The van der Waals surface area contributed by atoms with Gasteiger partial charge in [0.1, 0.15) is 12.6 Å². The molecule has 0 saturated heterocycles. The maximum absolute atomic E-state index is 10.9. The molecule has 8 nitrogen and oxygen atoms in total. The number of pyridine rings is 1. The fourth-order valence-electron chi connectivity index (χ4n) is 4.57. The molecule has 1 aliphatic heterocycles. The summed E-state index contributed by atoms with van der Waals surface area (Å²) in [7, 11) is 1.92. The van der Waals surface area contributed by atoms with E-state index in [0.29, 0.717) is 5.95 Å². The van der Waals surface area contributed by atoms with Crippen LogP contribution in [0.4, 0.5) is 17.3 Å². The Bertz CT molecular complexity index is 1010. The largest absolute Gasteiger partial charge is 0.373 e. The maximum Gasteiger partial charge on any atom is 0.227 e. The number of nitrogens with one attached hydrogen (secondary N) is 1. The van der Waals surface area contributed by atoms with E-state index >= 15 is 0 Å². The number of hydrogen-bond acceptors (Lipinski definition) is 7. The van der Waals surface area contributed by atoms with Crippen LogP contribution in [0.25, 0.3) is 5.65 Å². The van der Waals surface area contributed by atoms with Crippen molar-refractivity contribution in [2.75, 3.05) is 17.3 Å². The molecule has 0 bridgehead atoms. The second kappa shape index (κ2) is 5.88. The first-order valence-electron chi connectivity index (χ1n) is 9.44. The molecule has 2 aliphatic rings. The number of likely N-dealkylation sites (N-methyl/N-ethyl adjacent to an activating group) is 1. The molecule has 8 heteroatoms. The Hall–Kier alpha value is -2.74. The van der Waals surface area contributed by atoms with Crippen molar-refractivity contribution in [2.45, 2.75) is 50.7 Å².